The molecule has 0 heterocycles. The first kappa shape index (κ1) is 16.6. The van der Waals surface area contributed by atoms with E-state index < -0.39 is 0 Å². The van der Waals surface area contributed by atoms with E-state index in [2.05, 4.69) is 32.1 Å². The molecule has 116 valence electrons. The summed E-state index contributed by atoms with van der Waals surface area (Å²) in [5.41, 5.74) is 5.09. The molecule has 0 N–H and O–H groups in total. The quantitative estimate of drug-likeness (QED) is 0.813. The van der Waals surface area contributed by atoms with Crippen molar-refractivity contribution >= 4 is 0 Å². The van der Waals surface area contributed by atoms with Crippen molar-refractivity contribution < 1.29 is 4.74 Å². The van der Waals surface area contributed by atoms with Gasteiger partial charge in [-0.2, -0.15) is 10.5 Å². The van der Waals surface area contributed by atoms with Gasteiger partial charge < -0.3 is 4.74 Å². The highest BCUT2D eigenvalue weighted by Crippen LogP contribution is 2.24. The summed E-state index contributed by atoms with van der Waals surface area (Å²) in [5, 5.41) is 18.2. The first-order valence-electron chi connectivity index (χ1n) is 7.65. The maximum atomic E-state index is 9.37. The monoisotopic (exact) mass is 304 g/mol. The Morgan fingerprint density at radius 2 is 1.61 bits per heavy atom. The molecular weight excluding hydrogens is 284 g/mol. The van der Waals surface area contributed by atoms with Gasteiger partial charge in [-0.3, -0.25) is 0 Å². The summed E-state index contributed by atoms with van der Waals surface area (Å²) in [6.45, 7) is 6.67. The molecule has 0 aliphatic carbocycles. The van der Waals surface area contributed by atoms with E-state index in [4.69, 9.17) is 10.00 Å². The number of nitrogens with zero attached hydrogens (tertiary/aromatic N) is 2. The number of hydrogen-bond donors (Lipinski definition) is 0. The molecule has 0 radical (unpaired) electrons. The molecule has 0 saturated heterocycles. The number of rotatable bonds is 5. The molecule has 0 aliphatic heterocycles. The van der Waals surface area contributed by atoms with Gasteiger partial charge in [0.15, 0.2) is 0 Å². The highest BCUT2D eigenvalue weighted by molar-refractivity contribution is 5.41. The van der Waals surface area contributed by atoms with Crippen molar-refractivity contribution in [3.63, 3.8) is 0 Å². The largest absolute Gasteiger partial charge is 0.493 e. The second-order valence-electron chi connectivity index (χ2n) is 5.75. The van der Waals surface area contributed by atoms with Gasteiger partial charge in [0, 0.05) is 6.42 Å². The Morgan fingerprint density at radius 1 is 0.957 bits per heavy atom. The number of hydrogen-bond acceptors (Lipinski definition) is 3. The molecule has 0 fully saturated rings. The Morgan fingerprint density at radius 3 is 2.22 bits per heavy atom. The van der Waals surface area contributed by atoms with E-state index in [0.29, 0.717) is 18.6 Å². The lowest BCUT2D eigenvalue weighted by Gasteiger charge is -2.14. The van der Waals surface area contributed by atoms with Crippen LogP contribution >= 0.6 is 0 Å². The van der Waals surface area contributed by atoms with Gasteiger partial charge in [-0.25, -0.2) is 0 Å². The Balaban J connectivity index is 2.00. The van der Waals surface area contributed by atoms with Crippen molar-refractivity contribution in [1.82, 2.24) is 0 Å². The topological polar surface area (TPSA) is 56.8 Å². The summed E-state index contributed by atoms with van der Waals surface area (Å²) in [5.74, 6) is 0.652. The minimum absolute atomic E-state index is 0.227. The van der Waals surface area contributed by atoms with Crippen molar-refractivity contribution in [1.29, 1.82) is 10.5 Å². The van der Waals surface area contributed by atoms with Crippen molar-refractivity contribution in [3.05, 3.63) is 64.2 Å². The zero-order valence-electron chi connectivity index (χ0n) is 13.8. The number of benzene rings is 2. The molecule has 0 saturated carbocycles. The van der Waals surface area contributed by atoms with Gasteiger partial charge in [-0.1, -0.05) is 18.2 Å². The van der Waals surface area contributed by atoms with E-state index in [1.54, 1.807) is 12.1 Å². The third-order valence-electron chi connectivity index (χ3n) is 4.05. The smallest absolute Gasteiger partial charge is 0.122 e. The number of ether oxygens (including phenoxy) is 1. The van der Waals surface area contributed by atoms with Crippen LogP contribution in [0.4, 0.5) is 0 Å². The molecule has 0 spiro atoms. The molecule has 0 aliphatic rings. The zero-order chi connectivity index (χ0) is 16.8. The van der Waals surface area contributed by atoms with E-state index in [9.17, 15) is 5.26 Å². The molecule has 0 aromatic heterocycles. The average Bonchev–Trinajstić information content (AvgIpc) is 2.56. The van der Waals surface area contributed by atoms with Gasteiger partial charge in [-0.05, 0) is 61.2 Å². The van der Waals surface area contributed by atoms with E-state index in [1.165, 1.54) is 11.1 Å². The Bertz CT molecular complexity index is 764. The summed E-state index contributed by atoms with van der Waals surface area (Å²) in [6.07, 6.45) is 0.620. The predicted molar refractivity (Wildman–Crippen MR) is 90.3 cm³/mol. The minimum atomic E-state index is -0.227. The summed E-state index contributed by atoms with van der Waals surface area (Å²) in [4.78, 5) is 0. The third kappa shape index (κ3) is 4.11. The SMILES string of the molecule is Cc1cc(C)c(OCCC(C#N)c2ccc(C#N)cc2)cc1C. The molecule has 0 amide bonds. The molecule has 2 rings (SSSR count). The van der Waals surface area contributed by atoms with Crippen LogP contribution in [0, 0.1) is 43.4 Å². The van der Waals surface area contributed by atoms with E-state index in [1.807, 2.05) is 25.1 Å². The van der Waals surface area contributed by atoms with Gasteiger partial charge in [0.25, 0.3) is 0 Å². The maximum absolute atomic E-state index is 9.37. The summed E-state index contributed by atoms with van der Waals surface area (Å²) >= 11 is 0. The Labute approximate surface area is 137 Å². The zero-order valence-corrected chi connectivity index (χ0v) is 13.8. The molecule has 23 heavy (non-hydrogen) atoms. The van der Waals surface area contributed by atoms with Crippen LogP contribution in [0.3, 0.4) is 0 Å². The molecule has 3 nitrogen and oxygen atoms in total. The van der Waals surface area contributed by atoms with E-state index in [-0.39, 0.29) is 5.92 Å². The third-order valence-corrected chi connectivity index (χ3v) is 4.05. The van der Waals surface area contributed by atoms with Gasteiger partial charge >= 0.3 is 0 Å². The van der Waals surface area contributed by atoms with Crippen LogP contribution in [0.15, 0.2) is 36.4 Å². The molecule has 2 aromatic rings. The van der Waals surface area contributed by atoms with Gasteiger partial charge in [-0.15, -0.1) is 0 Å². The molecular formula is C20H20N2O. The van der Waals surface area contributed by atoms with Crippen LogP contribution < -0.4 is 4.74 Å². The second-order valence-corrected chi connectivity index (χ2v) is 5.75. The number of aryl methyl sites for hydroxylation is 3. The van der Waals surface area contributed by atoms with Crippen LogP contribution in [-0.2, 0) is 0 Å². The fourth-order valence-electron chi connectivity index (χ4n) is 2.47. The minimum Gasteiger partial charge on any atom is -0.493 e. The van der Waals surface area contributed by atoms with Crippen LogP contribution in [0.2, 0.25) is 0 Å². The van der Waals surface area contributed by atoms with Crippen LogP contribution in [0.1, 0.15) is 40.2 Å². The summed E-state index contributed by atoms with van der Waals surface area (Å²) in [7, 11) is 0. The number of nitriles is 2. The van der Waals surface area contributed by atoms with Gasteiger partial charge in [0.1, 0.15) is 5.75 Å². The molecule has 2 aromatic carbocycles. The Hall–Kier alpha value is -2.78. The highest BCUT2D eigenvalue weighted by atomic mass is 16.5. The van der Waals surface area contributed by atoms with Crippen LogP contribution in [-0.4, -0.2) is 6.61 Å². The lowest BCUT2D eigenvalue weighted by molar-refractivity contribution is 0.303. The van der Waals surface area contributed by atoms with E-state index >= 15 is 0 Å². The molecule has 1 unspecified atom stereocenters. The maximum Gasteiger partial charge on any atom is 0.122 e. The molecule has 3 heteroatoms. The fourth-order valence-corrected chi connectivity index (χ4v) is 2.47. The lowest BCUT2D eigenvalue weighted by atomic mass is 9.97. The van der Waals surface area contributed by atoms with Crippen molar-refractivity contribution in [2.75, 3.05) is 6.61 Å². The predicted octanol–water partition coefficient (Wildman–Crippen LogP) is 4.56. The normalized spacial score (nSPS) is 11.3. The molecule has 0 bridgehead atoms. The summed E-state index contributed by atoms with van der Waals surface area (Å²) < 4.78 is 5.87. The van der Waals surface area contributed by atoms with Crippen LogP contribution in [0.25, 0.3) is 0 Å². The Kier molecular flexibility index (Phi) is 5.39. The van der Waals surface area contributed by atoms with Gasteiger partial charge in [0.2, 0.25) is 0 Å². The highest BCUT2D eigenvalue weighted by Gasteiger charge is 2.11. The van der Waals surface area contributed by atoms with Crippen molar-refractivity contribution in [2.45, 2.75) is 33.1 Å². The van der Waals surface area contributed by atoms with Crippen molar-refractivity contribution in [2.24, 2.45) is 0 Å². The fraction of sp³-hybridized carbons (Fsp3) is 0.300. The second kappa shape index (κ2) is 7.47. The van der Waals surface area contributed by atoms with Gasteiger partial charge in [0.05, 0.1) is 30.2 Å². The van der Waals surface area contributed by atoms with E-state index in [0.717, 1.165) is 16.9 Å². The average molecular weight is 304 g/mol. The standard InChI is InChI=1S/C20H20N2O/c1-14-10-16(3)20(11-15(14)2)23-9-8-19(13-22)18-6-4-17(12-21)5-7-18/h4-7,10-11,19H,8-9H2,1-3H3. The molecule has 1 atom stereocenters. The summed E-state index contributed by atoms with van der Waals surface area (Å²) in [6, 6.07) is 15.7. The first-order chi connectivity index (χ1) is 11.0. The first-order valence-corrected chi connectivity index (χ1v) is 7.65. The van der Waals surface area contributed by atoms with Crippen LogP contribution in [0.5, 0.6) is 5.75 Å². The lowest BCUT2D eigenvalue weighted by Crippen LogP contribution is -2.05. The van der Waals surface area contributed by atoms with Crippen molar-refractivity contribution in [3.8, 4) is 17.9 Å².